The minimum atomic E-state index is -0.939. The zero-order chi connectivity index (χ0) is 19.1. The van der Waals surface area contributed by atoms with Crippen LogP contribution in [-0.4, -0.2) is 40.3 Å². The Balaban J connectivity index is 1.36. The minimum Gasteiger partial charge on any atom is -0.465 e. The second-order valence-electron chi connectivity index (χ2n) is 7.79. The van der Waals surface area contributed by atoms with Crippen molar-refractivity contribution in [1.82, 2.24) is 15.3 Å². The van der Waals surface area contributed by atoms with Gasteiger partial charge in [-0.25, -0.2) is 14.8 Å². The Bertz CT molecular complexity index is 1040. The van der Waals surface area contributed by atoms with Crippen LogP contribution in [0.4, 0.5) is 10.7 Å². The number of piperidine rings is 1. The fourth-order valence-corrected chi connectivity index (χ4v) is 4.77. The van der Waals surface area contributed by atoms with E-state index in [0.717, 1.165) is 36.6 Å². The molecule has 28 heavy (non-hydrogen) atoms. The standard InChI is InChI=1S/C22H22N4O2/c27-22(28)24-12-17-10-19-11-18(17)13-26(19)21-23-8-7-20(25-21)16-6-5-14-3-1-2-4-15(14)9-16/h1-9,17-19,24H,10-13H2,(H,27,28)/t17-,18-,19+/m0/s1. The highest BCUT2D eigenvalue weighted by atomic mass is 16.4. The van der Waals surface area contributed by atoms with Gasteiger partial charge < -0.3 is 15.3 Å². The molecule has 3 atom stereocenters. The monoisotopic (exact) mass is 374 g/mol. The lowest BCUT2D eigenvalue weighted by Crippen LogP contribution is -2.40. The van der Waals surface area contributed by atoms with Gasteiger partial charge in [0.15, 0.2) is 0 Å². The zero-order valence-electron chi connectivity index (χ0n) is 15.5. The number of carbonyl (C=O) groups is 1. The molecule has 1 aliphatic heterocycles. The summed E-state index contributed by atoms with van der Waals surface area (Å²) in [5.41, 5.74) is 2.03. The summed E-state index contributed by atoms with van der Waals surface area (Å²) in [6.07, 6.45) is 2.98. The first-order chi connectivity index (χ1) is 13.7. The molecule has 3 aromatic rings. The Morgan fingerprint density at radius 2 is 2.00 bits per heavy atom. The van der Waals surface area contributed by atoms with Crippen LogP contribution in [0.2, 0.25) is 0 Å². The molecule has 2 fully saturated rings. The maximum Gasteiger partial charge on any atom is 0.404 e. The first-order valence-corrected chi connectivity index (χ1v) is 9.73. The second kappa shape index (κ2) is 6.78. The van der Waals surface area contributed by atoms with E-state index >= 15 is 0 Å². The molecule has 1 saturated heterocycles. The van der Waals surface area contributed by atoms with E-state index in [2.05, 4.69) is 45.5 Å². The van der Waals surface area contributed by atoms with Crippen LogP contribution < -0.4 is 10.2 Å². The van der Waals surface area contributed by atoms with E-state index in [9.17, 15) is 4.79 Å². The van der Waals surface area contributed by atoms with Crippen molar-refractivity contribution in [2.24, 2.45) is 11.8 Å². The highest BCUT2D eigenvalue weighted by Gasteiger charge is 2.45. The Morgan fingerprint density at radius 3 is 2.79 bits per heavy atom. The summed E-state index contributed by atoms with van der Waals surface area (Å²) in [4.78, 5) is 22.4. The Hall–Kier alpha value is -3.15. The van der Waals surface area contributed by atoms with Crippen molar-refractivity contribution in [2.45, 2.75) is 18.9 Å². The first-order valence-electron chi connectivity index (χ1n) is 9.73. The van der Waals surface area contributed by atoms with Gasteiger partial charge in [-0.15, -0.1) is 0 Å². The average molecular weight is 374 g/mol. The highest BCUT2D eigenvalue weighted by molar-refractivity contribution is 5.86. The molecule has 0 spiro atoms. The third-order valence-corrected chi connectivity index (χ3v) is 6.15. The van der Waals surface area contributed by atoms with Crippen LogP contribution in [-0.2, 0) is 0 Å². The van der Waals surface area contributed by atoms with Crippen molar-refractivity contribution < 1.29 is 9.90 Å². The van der Waals surface area contributed by atoms with Gasteiger partial charge in [-0.3, -0.25) is 0 Å². The number of anilines is 1. The predicted octanol–water partition coefficient (Wildman–Crippen LogP) is 3.78. The van der Waals surface area contributed by atoms with E-state index < -0.39 is 6.09 Å². The third-order valence-electron chi connectivity index (χ3n) is 6.15. The molecule has 6 heteroatoms. The van der Waals surface area contributed by atoms with E-state index in [0.29, 0.717) is 24.4 Å². The van der Waals surface area contributed by atoms with E-state index in [1.165, 1.54) is 10.8 Å². The van der Waals surface area contributed by atoms with E-state index in [1.807, 2.05) is 24.4 Å². The van der Waals surface area contributed by atoms with Gasteiger partial charge in [0.25, 0.3) is 0 Å². The van der Waals surface area contributed by atoms with Crippen molar-refractivity contribution in [2.75, 3.05) is 18.0 Å². The molecular weight excluding hydrogens is 352 g/mol. The summed E-state index contributed by atoms with van der Waals surface area (Å²) in [5.74, 6) is 1.70. The predicted molar refractivity (Wildman–Crippen MR) is 108 cm³/mol. The number of aromatic nitrogens is 2. The van der Waals surface area contributed by atoms with Crippen LogP contribution in [0.15, 0.2) is 54.7 Å². The van der Waals surface area contributed by atoms with Gasteiger partial charge in [0.05, 0.1) is 5.69 Å². The fraction of sp³-hybridized carbons (Fsp3) is 0.318. The van der Waals surface area contributed by atoms with Crippen LogP contribution in [0.3, 0.4) is 0 Å². The van der Waals surface area contributed by atoms with Crippen LogP contribution in [0.25, 0.3) is 22.0 Å². The number of carboxylic acid groups (broad SMARTS) is 1. The molecule has 2 heterocycles. The highest BCUT2D eigenvalue weighted by Crippen LogP contribution is 2.43. The maximum atomic E-state index is 10.8. The molecule has 1 amide bonds. The summed E-state index contributed by atoms with van der Waals surface area (Å²) in [6.45, 7) is 1.44. The number of fused-ring (bicyclic) bond motifs is 3. The number of hydrogen-bond donors (Lipinski definition) is 2. The number of nitrogens with one attached hydrogen (secondary N) is 1. The van der Waals surface area contributed by atoms with Gasteiger partial charge in [0.2, 0.25) is 5.95 Å². The van der Waals surface area contributed by atoms with E-state index in [1.54, 1.807) is 0 Å². The lowest BCUT2D eigenvalue weighted by atomic mass is 9.94. The zero-order valence-corrected chi connectivity index (χ0v) is 15.5. The molecule has 2 N–H and O–H groups in total. The Kier molecular flexibility index (Phi) is 4.11. The van der Waals surface area contributed by atoms with Crippen molar-refractivity contribution >= 4 is 22.8 Å². The van der Waals surface area contributed by atoms with Gasteiger partial charge in [0, 0.05) is 30.9 Å². The molecule has 5 rings (SSSR count). The summed E-state index contributed by atoms with van der Waals surface area (Å²) < 4.78 is 0. The Labute approximate surface area is 163 Å². The Morgan fingerprint density at radius 1 is 1.14 bits per heavy atom. The largest absolute Gasteiger partial charge is 0.465 e. The molecule has 1 saturated carbocycles. The smallest absolute Gasteiger partial charge is 0.404 e. The summed E-state index contributed by atoms with van der Waals surface area (Å²) in [6, 6.07) is 17.1. The number of hydrogen-bond acceptors (Lipinski definition) is 4. The van der Waals surface area contributed by atoms with Gasteiger partial charge in [0.1, 0.15) is 0 Å². The molecule has 6 nitrogen and oxygen atoms in total. The SMILES string of the molecule is O=C(O)NC[C@@H]1C[C@@H]2C[C@H]1CN2c1nccc(-c2ccc3ccccc3c2)n1. The summed E-state index contributed by atoms with van der Waals surface area (Å²) in [7, 11) is 0. The number of nitrogens with zero attached hydrogens (tertiary/aromatic N) is 3. The molecule has 2 bridgehead atoms. The summed E-state index contributed by atoms with van der Waals surface area (Å²) >= 11 is 0. The summed E-state index contributed by atoms with van der Waals surface area (Å²) in [5, 5.41) is 13.8. The van der Waals surface area contributed by atoms with Crippen molar-refractivity contribution in [1.29, 1.82) is 0 Å². The quantitative estimate of drug-likeness (QED) is 0.727. The number of amides is 1. The molecule has 2 aliphatic rings. The van der Waals surface area contributed by atoms with Gasteiger partial charge >= 0.3 is 6.09 Å². The maximum absolute atomic E-state index is 10.8. The second-order valence-corrected chi connectivity index (χ2v) is 7.79. The van der Waals surface area contributed by atoms with Crippen molar-refractivity contribution in [3.63, 3.8) is 0 Å². The fourth-order valence-electron chi connectivity index (χ4n) is 4.77. The molecule has 2 aromatic carbocycles. The molecule has 142 valence electrons. The van der Waals surface area contributed by atoms with Crippen molar-refractivity contribution in [3.8, 4) is 11.3 Å². The van der Waals surface area contributed by atoms with Crippen LogP contribution in [0.1, 0.15) is 12.8 Å². The molecule has 0 radical (unpaired) electrons. The molecule has 1 aliphatic carbocycles. The molecule has 0 unspecified atom stereocenters. The normalized spacial score (nSPS) is 23.3. The van der Waals surface area contributed by atoms with E-state index in [-0.39, 0.29) is 0 Å². The lowest BCUT2D eigenvalue weighted by molar-refractivity contribution is 0.190. The lowest BCUT2D eigenvalue weighted by Gasteiger charge is -2.31. The van der Waals surface area contributed by atoms with E-state index in [4.69, 9.17) is 10.1 Å². The number of rotatable bonds is 4. The van der Waals surface area contributed by atoms with Gasteiger partial charge in [-0.1, -0.05) is 36.4 Å². The first kappa shape index (κ1) is 17.0. The topological polar surface area (TPSA) is 78.4 Å². The van der Waals surface area contributed by atoms with Crippen molar-refractivity contribution in [3.05, 3.63) is 54.7 Å². The minimum absolute atomic E-state index is 0.400. The third kappa shape index (κ3) is 3.05. The van der Waals surface area contributed by atoms with Gasteiger partial charge in [-0.05, 0) is 47.6 Å². The molecule has 1 aromatic heterocycles. The molecular formula is C22H22N4O2. The van der Waals surface area contributed by atoms with Crippen LogP contribution >= 0.6 is 0 Å². The van der Waals surface area contributed by atoms with Crippen LogP contribution in [0.5, 0.6) is 0 Å². The average Bonchev–Trinajstić information content (AvgIpc) is 3.32. The van der Waals surface area contributed by atoms with Gasteiger partial charge in [-0.2, -0.15) is 0 Å². The van der Waals surface area contributed by atoms with Crippen LogP contribution in [0, 0.1) is 11.8 Å². The number of benzene rings is 2.